The second kappa shape index (κ2) is 5.69. The molecule has 2 rings (SSSR count). The fraction of sp³-hybridized carbons (Fsp3) is 0.357. The molecule has 0 aromatic carbocycles. The molecule has 2 N–H and O–H groups in total. The number of rotatable bonds is 5. The molecule has 0 amide bonds. The predicted molar refractivity (Wildman–Crippen MR) is 70.3 cm³/mol. The zero-order valence-electron chi connectivity index (χ0n) is 10.6. The Bertz CT molecular complexity index is 482. The predicted octanol–water partition coefficient (Wildman–Crippen LogP) is 2.91. The average Bonchev–Trinajstić information content (AvgIpc) is 2.81. The third kappa shape index (κ3) is 3.34. The number of hydrogen-bond acceptors (Lipinski definition) is 4. The van der Waals surface area contributed by atoms with Crippen LogP contribution in [0.1, 0.15) is 30.9 Å². The van der Waals surface area contributed by atoms with Crippen LogP contribution in [0.25, 0.3) is 0 Å². The monoisotopic (exact) mass is 246 g/mol. The lowest BCUT2D eigenvalue weighted by atomic mass is 10.1. The third-order valence-electron chi connectivity index (χ3n) is 2.73. The lowest BCUT2D eigenvalue weighted by molar-refractivity contribution is 0.136. The van der Waals surface area contributed by atoms with Crippen molar-refractivity contribution in [2.75, 3.05) is 5.32 Å². The standard InChI is InChI=1S/C14H18N2O2/c1-10-5-3-7-14(15-10)16-11(2)9-12(17)13-6-4-8-18-13/h3-8,11-12,17H,9H2,1-2H3,(H,15,16)/t11-,12+/m0/s1. The van der Waals surface area contributed by atoms with Crippen molar-refractivity contribution in [3.05, 3.63) is 48.0 Å². The molecule has 0 radical (unpaired) electrons. The average molecular weight is 246 g/mol. The van der Waals surface area contributed by atoms with E-state index in [9.17, 15) is 5.11 Å². The third-order valence-corrected chi connectivity index (χ3v) is 2.73. The minimum Gasteiger partial charge on any atom is -0.467 e. The van der Waals surface area contributed by atoms with Crippen molar-refractivity contribution in [3.63, 3.8) is 0 Å². The number of aliphatic hydroxyl groups is 1. The van der Waals surface area contributed by atoms with E-state index in [2.05, 4.69) is 10.3 Å². The first-order valence-corrected chi connectivity index (χ1v) is 6.07. The molecule has 18 heavy (non-hydrogen) atoms. The molecule has 0 aliphatic heterocycles. The summed E-state index contributed by atoms with van der Waals surface area (Å²) in [5.74, 6) is 1.43. The van der Waals surface area contributed by atoms with Gasteiger partial charge in [-0.25, -0.2) is 4.98 Å². The largest absolute Gasteiger partial charge is 0.467 e. The summed E-state index contributed by atoms with van der Waals surface area (Å²) in [6.45, 7) is 3.96. The van der Waals surface area contributed by atoms with Gasteiger partial charge in [-0.3, -0.25) is 0 Å². The first kappa shape index (κ1) is 12.6. The molecule has 2 atom stereocenters. The molecule has 4 heteroatoms. The second-order valence-electron chi connectivity index (χ2n) is 4.48. The maximum Gasteiger partial charge on any atom is 0.132 e. The number of aryl methyl sites for hydroxylation is 1. The van der Waals surface area contributed by atoms with E-state index in [4.69, 9.17) is 4.42 Å². The van der Waals surface area contributed by atoms with Gasteiger partial charge in [-0.1, -0.05) is 6.07 Å². The van der Waals surface area contributed by atoms with E-state index in [1.54, 1.807) is 18.4 Å². The van der Waals surface area contributed by atoms with E-state index >= 15 is 0 Å². The van der Waals surface area contributed by atoms with Crippen LogP contribution in [0.2, 0.25) is 0 Å². The van der Waals surface area contributed by atoms with Gasteiger partial charge in [0.1, 0.15) is 17.7 Å². The van der Waals surface area contributed by atoms with Crippen LogP contribution in [0.15, 0.2) is 41.0 Å². The highest BCUT2D eigenvalue weighted by atomic mass is 16.4. The van der Waals surface area contributed by atoms with Gasteiger partial charge in [0.2, 0.25) is 0 Å². The number of nitrogens with zero attached hydrogens (tertiary/aromatic N) is 1. The van der Waals surface area contributed by atoms with Gasteiger partial charge in [0.15, 0.2) is 0 Å². The van der Waals surface area contributed by atoms with E-state index < -0.39 is 6.10 Å². The van der Waals surface area contributed by atoms with Crippen LogP contribution in [0.4, 0.5) is 5.82 Å². The molecule has 0 fully saturated rings. The normalized spacial score (nSPS) is 14.2. The number of aromatic nitrogens is 1. The van der Waals surface area contributed by atoms with Gasteiger partial charge in [-0.2, -0.15) is 0 Å². The summed E-state index contributed by atoms with van der Waals surface area (Å²) >= 11 is 0. The molecule has 2 aromatic rings. The number of aliphatic hydroxyl groups excluding tert-OH is 1. The molecule has 2 aromatic heterocycles. The molecular weight excluding hydrogens is 228 g/mol. The van der Waals surface area contributed by atoms with E-state index in [0.29, 0.717) is 12.2 Å². The highest BCUT2D eigenvalue weighted by molar-refractivity contribution is 5.36. The summed E-state index contributed by atoms with van der Waals surface area (Å²) in [7, 11) is 0. The SMILES string of the molecule is Cc1cccc(N[C@@H](C)C[C@@H](O)c2ccco2)n1. The molecule has 0 saturated heterocycles. The zero-order valence-corrected chi connectivity index (χ0v) is 10.6. The fourth-order valence-electron chi connectivity index (χ4n) is 1.87. The Kier molecular flexibility index (Phi) is 3.99. The summed E-state index contributed by atoms with van der Waals surface area (Å²) in [4.78, 5) is 4.37. The summed E-state index contributed by atoms with van der Waals surface area (Å²) in [5.41, 5.74) is 0.971. The molecule has 0 unspecified atom stereocenters. The van der Waals surface area contributed by atoms with E-state index in [0.717, 1.165) is 11.5 Å². The Morgan fingerprint density at radius 1 is 1.33 bits per heavy atom. The molecular formula is C14H18N2O2. The summed E-state index contributed by atoms with van der Waals surface area (Å²) in [6, 6.07) is 9.50. The van der Waals surface area contributed by atoms with Crippen LogP contribution in [0.3, 0.4) is 0 Å². The molecule has 0 saturated carbocycles. The van der Waals surface area contributed by atoms with Crippen molar-refractivity contribution in [3.8, 4) is 0 Å². The molecule has 4 nitrogen and oxygen atoms in total. The van der Waals surface area contributed by atoms with E-state index in [-0.39, 0.29) is 6.04 Å². The molecule has 0 spiro atoms. The van der Waals surface area contributed by atoms with Crippen LogP contribution in [-0.2, 0) is 0 Å². The van der Waals surface area contributed by atoms with E-state index in [1.165, 1.54) is 0 Å². The Labute approximate surface area is 107 Å². The number of nitrogens with one attached hydrogen (secondary N) is 1. The molecule has 0 aliphatic rings. The first-order valence-electron chi connectivity index (χ1n) is 6.07. The zero-order chi connectivity index (χ0) is 13.0. The van der Waals surface area contributed by atoms with Crippen LogP contribution in [-0.4, -0.2) is 16.1 Å². The Morgan fingerprint density at radius 3 is 2.83 bits per heavy atom. The van der Waals surface area contributed by atoms with Gasteiger partial charge in [0, 0.05) is 18.2 Å². The van der Waals surface area contributed by atoms with Crippen LogP contribution >= 0.6 is 0 Å². The van der Waals surface area contributed by atoms with Gasteiger partial charge in [-0.05, 0) is 38.1 Å². The number of pyridine rings is 1. The van der Waals surface area contributed by atoms with E-state index in [1.807, 2.05) is 32.0 Å². The lowest BCUT2D eigenvalue weighted by Crippen LogP contribution is -2.19. The lowest BCUT2D eigenvalue weighted by Gasteiger charge is -2.17. The maximum absolute atomic E-state index is 9.96. The number of furan rings is 1. The van der Waals surface area contributed by atoms with Crippen molar-refractivity contribution in [1.29, 1.82) is 0 Å². The Balaban J connectivity index is 1.91. The quantitative estimate of drug-likeness (QED) is 0.851. The highest BCUT2D eigenvalue weighted by Gasteiger charge is 2.14. The highest BCUT2D eigenvalue weighted by Crippen LogP contribution is 2.20. The first-order chi connectivity index (χ1) is 8.65. The second-order valence-corrected chi connectivity index (χ2v) is 4.48. The smallest absolute Gasteiger partial charge is 0.132 e. The van der Waals surface area contributed by atoms with Crippen LogP contribution in [0, 0.1) is 6.92 Å². The van der Waals surface area contributed by atoms with Crippen molar-refractivity contribution in [1.82, 2.24) is 4.98 Å². The van der Waals surface area contributed by atoms with Gasteiger partial charge in [0.05, 0.1) is 6.26 Å². The topological polar surface area (TPSA) is 58.3 Å². The summed E-state index contributed by atoms with van der Waals surface area (Å²) < 4.78 is 5.17. The number of hydrogen-bond donors (Lipinski definition) is 2. The van der Waals surface area contributed by atoms with Crippen LogP contribution < -0.4 is 5.32 Å². The minimum atomic E-state index is -0.590. The van der Waals surface area contributed by atoms with Crippen molar-refractivity contribution < 1.29 is 9.52 Å². The minimum absolute atomic E-state index is 0.111. The van der Waals surface area contributed by atoms with Gasteiger partial charge in [-0.15, -0.1) is 0 Å². The molecule has 0 bridgehead atoms. The Morgan fingerprint density at radius 2 is 2.17 bits per heavy atom. The Hall–Kier alpha value is -1.81. The van der Waals surface area contributed by atoms with Crippen molar-refractivity contribution in [2.45, 2.75) is 32.4 Å². The number of anilines is 1. The molecule has 0 aliphatic carbocycles. The molecule has 96 valence electrons. The summed E-state index contributed by atoms with van der Waals surface area (Å²) in [5, 5.41) is 13.2. The summed E-state index contributed by atoms with van der Waals surface area (Å²) in [6.07, 6.45) is 1.55. The van der Waals surface area contributed by atoms with Crippen LogP contribution in [0.5, 0.6) is 0 Å². The van der Waals surface area contributed by atoms with Crippen molar-refractivity contribution >= 4 is 5.82 Å². The van der Waals surface area contributed by atoms with Gasteiger partial charge < -0.3 is 14.8 Å². The van der Waals surface area contributed by atoms with Gasteiger partial charge >= 0.3 is 0 Å². The maximum atomic E-state index is 9.96. The van der Waals surface area contributed by atoms with Gasteiger partial charge in [0.25, 0.3) is 0 Å². The molecule has 2 heterocycles. The fourth-order valence-corrected chi connectivity index (χ4v) is 1.87. The van der Waals surface area contributed by atoms with Crippen molar-refractivity contribution in [2.24, 2.45) is 0 Å².